The summed E-state index contributed by atoms with van der Waals surface area (Å²) in [6.45, 7) is 0. The summed E-state index contributed by atoms with van der Waals surface area (Å²) in [7, 11) is 0. The van der Waals surface area contributed by atoms with Crippen LogP contribution in [0.1, 0.15) is 29.0 Å². The van der Waals surface area contributed by atoms with Crippen molar-refractivity contribution >= 4 is 22.8 Å². The van der Waals surface area contributed by atoms with Crippen LogP contribution in [0.25, 0.3) is 5.70 Å². The summed E-state index contributed by atoms with van der Waals surface area (Å²) >= 11 is 0. The van der Waals surface area contributed by atoms with Gasteiger partial charge in [-0.1, -0.05) is 115 Å². The molecule has 4 aromatic rings. The smallest absolute Gasteiger partial charge is 0.163 e. The molecule has 3 heteroatoms. The molecule has 38 heavy (non-hydrogen) atoms. The highest BCUT2D eigenvalue weighted by Crippen LogP contribution is 2.54. The fraction of sp³-hybridized carbons (Fsp3) is 0.0857. The molecule has 2 atom stereocenters. The topological polar surface area (TPSA) is 28.0 Å². The van der Waals surface area contributed by atoms with Crippen LogP contribution in [0, 0.1) is 0 Å². The highest BCUT2D eigenvalue weighted by Gasteiger charge is 2.51. The van der Waals surface area contributed by atoms with Crippen molar-refractivity contribution in [2.45, 2.75) is 18.0 Å². The van der Waals surface area contributed by atoms with E-state index in [0.29, 0.717) is 0 Å². The largest absolute Gasteiger partial charge is 0.310 e. The van der Waals surface area contributed by atoms with Crippen molar-refractivity contribution in [3.63, 3.8) is 0 Å². The number of hydrogen-bond donors (Lipinski definition) is 0. The molecule has 0 aromatic heterocycles. The molecule has 0 bridgehead atoms. The zero-order valence-electron chi connectivity index (χ0n) is 21.0. The molecular formula is C35H27N3. The molecule has 0 radical (unpaired) electrons. The molecule has 4 aromatic carbocycles. The minimum absolute atomic E-state index is 0.217. The van der Waals surface area contributed by atoms with Crippen molar-refractivity contribution in [3.05, 3.63) is 168 Å². The Labute approximate surface area is 223 Å². The Morgan fingerprint density at radius 3 is 2.03 bits per heavy atom. The maximum absolute atomic E-state index is 5.52. The van der Waals surface area contributed by atoms with Crippen LogP contribution in [0.5, 0.6) is 0 Å². The Bertz CT molecular complexity index is 1610. The van der Waals surface area contributed by atoms with Gasteiger partial charge in [0.1, 0.15) is 0 Å². The Morgan fingerprint density at radius 2 is 1.32 bits per heavy atom. The van der Waals surface area contributed by atoms with Crippen molar-refractivity contribution in [1.82, 2.24) is 4.90 Å². The second-order valence-electron chi connectivity index (χ2n) is 9.89. The molecule has 7 rings (SSSR count). The highest BCUT2D eigenvalue weighted by molar-refractivity contribution is 6.23. The van der Waals surface area contributed by atoms with E-state index in [9.17, 15) is 0 Å². The quantitative estimate of drug-likeness (QED) is 0.267. The van der Waals surface area contributed by atoms with Crippen molar-refractivity contribution in [1.29, 1.82) is 0 Å². The van der Waals surface area contributed by atoms with Crippen molar-refractivity contribution in [2.75, 3.05) is 0 Å². The van der Waals surface area contributed by atoms with Crippen LogP contribution in [-0.2, 0) is 5.66 Å². The van der Waals surface area contributed by atoms with Gasteiger partial charge in [-0.3, -0.25) is 4.99 Å². The van der Waals surface area contributed by atoms with Gasteiger partial charge in [-0.25, -0.2) is 4.99 Å². The first kappa shape index (κ1) is 22.4. The minimum Gasteiger partial charge on any atom is -0.310 e. The van der Waals surface area contributed by atoms with E-state index in [1.165, 1.54) is 22.4 Å². The number of hydrogen-bond acceptors (Lipinski definition) is 3. The number of aliphatic imine (C=N–C) groups is 2. The lowest BCUT2D eigenvalue weighted by molar-refractivity contribution is 0.200. The van der Waals surface area contributed by atoms with Crippen LogP contribution in [0.3, 0.4) is 0 Å². The first-order chi connectivity index (χ1) is 18.8. The number of allylic oxidation sites excluding steroid dienone is 4. The summed E-state index contributed by atoms with van der Waals surface area (Å²) in [6, 6.07) is 42.4. The number of para-hydroxylation sites is 1. The van der Waals surface area contributed by atoms with Crippen LogP contribution in [-0.4, -0.2) is 16.3 Å². The average molecular weight is 490 g/mol. The van der Waals surface area contributed by atoms with Crippen LogP contribution in [0.2, 0.25) is 0 Å². The summed E-state index contributed by atoms with van der Waals surface area (Å²) in [5, 5.41) is 0. The number of benzene rings is 4. The molecule has 3 nitrogen and oxygen atoms in total. The average Bonchev–Trinajstić information content (AvgIpc) is 3.33. The van der Waals surface area contributed by atoms with Crippen LogP contribution in [0.15, 0.2) is 161 Å². The molecule has 0 saturated heterocycles. The van der Waals surface area contributed by atoms with E-state index in [0.717, 1.165) is 29.2 Å². The van der Waals surface area contributed by atoms with Gasteiger partial charge < -0.3 is 4.90 Å². The third-order valence-corrected chi connectivity index (χ3v) is 7.53. The lowest BCUT2D eigenvalue weighted by Gasteiger charge is -2.45. The predicted octanol–water partition coefficient (Wildman–Crippen LogP) is 8.05. The molecule has 1 aliphatic carbocycles. The van der Waals surface area contributed by atoms with Crippen molar-refractivity contribution in [3.8, 4) is 0 Å². The van der Waals surface area contributed by atoms with Crippen molar-refractivity contribution in [2.24, 2.45) is 9.98 Å². The number of nitrogens with zero attached hydrogens (tertiary/aromatic N) is 3. The van der Waals surface area contributed by atoms with Crippen molar-refractivity contribution < 1.29 is 0 Å². The Morgan fingerprint density at radius 1 is 0.684 bits per heavy atom. The summed E-state index contributed by atoms with van der Waals surface area (Å²) in [4.78, 5) is 12.9. The summed E-state index contributed by atoms with van der Waals surface area (Å²) in [5.41, 5.74) is 8.25. The van der Waals surface area contributed by atoms with Crippen LogP contribution >= 0.6 is 0 Å². The second kappa shape index (κ2) is 9.28. The highest BCUT2D eigenvalue weighted by atomic mass is 15.4. The third kappa shape index (κ3) is 3.84. The van der Waals surface area contributed by atoms with Gasteiger partial charge in [0.2, 0.25) is 0 Å². The minimum atomic E-state index is -0.560. The first-order valence-corrected chi connectivity index (χ1v) is 13.1. The van der Waals surface area contributed by atoms with E-state index in [2.05, 4.69) is 120 Å². The molecule has 2 aliphatic heterocycles. The van der Waals surface area contributed by atoms with Crippen LogP contribution in [0.4, 0.5) is 5.69 Å². The van der Waals surface area contributed by atoms with Gasteiger partial charge in [0.25, 0.3) is 0 Å². The maximum Gasteiger partial charge on any atom is 0.163 e. The van der Waals surface area contributed by atoms with Crippen LogP contribution < -0.4 is 0 Å². The van der Waals surface area contributed by atoms with Gasteiger partial charge in [0.15, 0.2) is 5.66 Å². The third-order valence-electron chi connectivity index (χ3n) is 7.53. The molecule has 182 valence electrons. The Balaban J connectivity index is 1.45. The van der Waals surface area contributed by atoms with E-state index in [1.807, 2.05) is 30.3 Å². The molecule has 0 unspecified atom stereocenters. The van der Waals surface area contributed by atoms with Gasteiger partial charge in [0.05, 0.1) is 22.8 Å². The molecule has 0 fully saturated rings. The second-order valence-corrected chi connectivity index (χ2v) is 9.89. The number of fused-ring (bicyclic) bond motifs is 3. The molecule has 3 aliphatic rings. The predicted molar refractivity (Wildman–Crippen MR) is 156 cm³/mol. The summed E-state index contributed by atoms with van der Waals surface area (Å²) < 4.78 is 0. The SMILES string of the molecule is C1=CC2=N[C@@]3(c4ccccc4)C[C@@H](c4ccccc4)C=C(c4ccccc4)N3C2=CC1=Nc1ccccc1. The normalized spacial score (nSPS) is 22.8. The van der Waals surface area contributed by atoms with Gasteiger partial charge in [0, 0.05) is 23.6 Å². The number of rotatable bonds is 4. The fourth-order valence-electron chi connectivity index (χ4n) is 5.82. The zero-order chi connectivity index (χ0) is 25.4. The Kier molecular flexibility index (Phi) is 5.48. The van der Waals surface area contributed by atoms with Gasteiger partial charge in [-0.2, -0.15) is 0 Å². The monoisotopic (exact) mass is 489 g/mol. The molecule has 0 spiro atoms. The van der Waals surface area contributed by atoms with E-state index in [1.54, 1.807) is 0 Å². The first-order valence-electron chi connectivity index (χ1n) is 13.1. The molecule has 2 heterocycles. The van der Waals surface area contributed by atoms with E-state index >= 15 is 0 Å². The standard InChI is InChI=1S/C35H27N3/c1-5-13-26(14-6-1)28-23-33(27-15-7-2-8-16-27)38-34-24-31(36-30-19-11-4-12-20-30)21-22-32(34)37-35(38,25-28)29-17-9-3-10-18-29/h1-24,28H,25H2/t28-,35-/m0/s1. The molecule has 0 saturated carbocycles. The zero-order valence-corrected chi connectivity index (χ0v) is 21.0. The Hall–Kier alpha value is -4.76. The maximum atomic E-state index is 5.52. The van der Waals surface area contributed by atoms with Gasteiger partial charge in [-0.05, 0) is 41.5 Å². The summed E-state index contributed by atoms with van der Waals surface area (Å²) in [5.74, 6) is 0.217. The molecular weight excluding hydrogens is 462 g/mol. The van der Waals surface area contributed by atoms with Gasteiger partial charge >= 0.3 is 0 Å². The summed E-state index contributed by atoms with van der Waals surface area (Å²) in [6.07, 6.45) is 9.66. The fourth-order valence-corrected chi connectivity index (χ4v) is 5.82. The van der Waals surface area contributed by atoms with Gasteiger partial charge in [-0.15, -0.1) is 0 Å². The van der Waals surface area contributed by atoms with E-state index in [4.69, 9.17) is 9.98 Å². The van der Waals surface area contributed by atoms with E-state index < -0.39 is 5.66 Å². The molecule has 0 amide bonds. The van der Waals surface area contributed by atoms with E-state index in [-0.39, 0.29) is 5.92 Å². The molecule has 0 N–H and O–H groups in total. The lowest BCUT2D eigenvalue weighted by atomic mass is 9.79. The lowest BCUT2D eigenvalue weighted by Crippen LogP contribution is -2.43.